The molecule has 4 N–H and O–H groups in total. The molecule has 0 saturated heterocycles. The molecule has 0 aliphatic heterocycles. The summed E-state index contributed by atoms with van der Waals surface area (Å²) in [6.45, 7) is 8.40. The summed E-state index contributed by atoms with van der Waals surface area (Å²) >= 11 is 0. The molecule has 0 aromatic heterocycles. The Hall–Kier alpha value is -1.91. The standard InChI is InChI=1S/C14H23N3O2/c1-5-8-16-12-7-6-10(9-11(12)15)17-13(18)19-14(2,3)4/h6-7,9,16H,5,8,15H2,1-4H3,(H,17,18). The number of carbonyl (C=O) groups excluding carboxylic acids is 1. The number of nitrogen functional groups attached to an aromatic ring is 1. The Balaban J connectivity index is 2.65. The predicted molar refractivity (Wildman–Crippen MR) is 79.5 cm³/mol. The van der Waals surface area contributed by atoms with E-state index in [0.29, 0.717) is 11.4 Å². The van der Waals surface area contributed by atoms with Gasteiger partial charge in [0, 0.05) is 12.2 Å². The highest BCUT2D eigenvalue weighted by molar-refractivity contribution is 5.87. The smallest absolute Gasteiger partial charge is 0.412 e. The molecule has 0 saturated carbocycles. The highest BCUT2D eigenvalue weighted by Gasteiger charge is 2.16. The third-order valence-corrected chi connectivity index (χ3v) is 2.26. The zero-order valence-corrected chi connectivity index (χ0v) is 12.0. The van der Waals surface area contributed by atoms with Gasteiger partial charge in [0.15, 0.2) is 0 Å². The molecule has 19 heavy (non-hydrogen) atoms. The van der Waals surface area contributed by atoms with E-state index in [1.54, 1.807) is 12.1 Å². The summed E-state index contributed by atoms with van der Waals surface area (Å²) in [6.07, 6.45) is 0.540. The lowest BCUT2D eigenvalue weighted by Crippen LogP contribution is -2.27. The van der Waals surface area contributed by atoms with Crippen molar-refractivity contribution in [2.45, 2.75) is 39.7 Å². The van der Waals surface area contributed by atoms with Crippen molar-refractivity contribution in [3.63, 3.8) is 0 Å². The number of hydrogen-bond donors (Lipinski definition) is 3. The molecule has 106 valence electrons. The molecule has 0 fully saturated rings. The average Bonchev–Trinajstić information content (AvgIpc) is 2.25. The highest BCUT2D eigenvalue weighted by atomic mass is 16.6. The number of carbonyl (C=O) groups is 1. The topological polar surface area (TPSA) is 76.4 Å². The van der Waals surface area contributed by atoms with Crippen molar-refractivity contribution in [1.29, 1.82) is 0 Å². The molecule has 1 aromatic carbocycles. The van der Waals surface area contributed by atoms with Crippen molar-refractivity contribution in [1.82, 2.24) is 0 Å². The van der Waals surface area contributed by atoms with Gasteiger partial charge in [0.1, 0.15) is 5.60 Å². The fraction of sp³-hybridized carbons (Fsp3) is 0.500. The quantitative estimate of drug-likeness (QED) is 0.729. The first kappa shape index (κ1) is 15.1. The van der Waals surface area contributed by atoms with Crippen LogP contribution in [0.15, 0.2) is 18.2 Å². The monoisotopic (exact) mass is 265 g/mol. The molecule has 5 heteroatoms. The first-order valence-corrected chi connectivity index (χ1v) is 6.45. The van der Waals surface area contributed by atoms with Crippen LogP contribution in [0.3, 0.4) is 0 Å². The SMILES string of the molecule is CCCNc1ccc(NC(=O)OC(C)(C)C)cc1N. The Morgan fingerprint density at radius 2 is 2.05 bits per heavy atom. The van der Waals surface area contributed by atoms with Crippen LogP contribution in [0.25, 0.3) is 0 Å². The second kappa shape index (κ2) is 6.31. The van der Waals surface area contributed by atoms with Gasteiger partial charge in [-0.05, 0) is 45.4 Å². The summed E-state index contributed by atoms with van der Waals surface area (Å²) in [5, 5.41) is 5.87. The van der Waals surface area contributed by atoms with Crippen molar-refractivity contribution < 1.29 is 9.53 Å². The van der Waals surface area contributed by atoms with Crippen molar-refractivity contribution in [2.75, 3.05) is 22.9 Å². The van der Waals surface area contributed by atoms with Gasteiger partial charge in [0.25, 0.3) is 0 Å². The second-order valence-corrected chi connectivity index (χ2v) is 5.36. The van der Waals surface area contributed by atoms with E-state index in [1.165, 1.54) is 0 Å². The maximum absolute atomic E-state index is 11.6. The number of nitrogens with two attached hydrogens (primary N) is 1. The van der Waals surface area contributed by atoms with Crippen LogP contribution in [0.5, 0.6) is 0 Å². The fourth-order valence-electron chi connectivity index (χ4n) is 1.48. The Morgan fingerprint density at radius 1 is 1.37 bits per heavy atom. The fourth-order valence-corrected chi connectivity index (χ4v) is 1.48. The summed E-state index contributed by atoms with van der Waals surface area (Å²) in [4.78, 5) is 11.6. The van der Waals surface area contributed by atoms with Gasteiger partial charge in [0.2, 0.25) is 0 Å². The molecule has 1 rings (SSSR count). The van der Waals surface area contributed by atoms with Crippen LogP contribution in [0.2, 0.25) is 0 Å². The Bertz CT molecular complexity index is 439. The molecular formula is C14H23N3O2. The number of ether oxygens (including phenoxy) is 1. The third kappa shape index (κ3) is 5.50. The van der Waals surface area contributed by atoms with Gasteiger partial charge in [-0.2, -0.15) is 0 Å². The van der Waals surface area contributed by atoms with Crippen LogP contribution in [0.4, 0.5) is 21.9 Å². The molecule has 1 aromatic rings. The molecule has 0 heterocycles. The number of hydrogen-bond acceptors (Lipinski definition) is 4. The van der Waals surface area contributed by atoms with Crippen LogP contribution >= 0.6 is 0 Å². The third-order valence-electron chi connectivity index (χ3n) is 2.26. The number of benzene rings is 1. The van der Waals surface area contributed by atoms with Gasteiger partial charge in [-0.3, -0.25) is 5.32 Å². The molecule has 0 unspecified atom stereocenters. The Labute approximate surface area is 114 Å². The van der Waals surface area contributed by atoms with Crippen LogP contribution in [0, 0.1) is 0 Å². The van der Waals surface area contributed by atoms with E-state index in [1.807, 2.05) is 26.8 Å². The van der Waals surface area contributed by atoms with E-state index in [0.717, 1.165) is 18.7 Å². The van der Waals surface area contributed by atoms with Gasteiger partial charge >= 0.3 is 6.09 Å². The molecule has 0 aliphatic rings. The van der Waals surface area contributed by atoms with Crippen LogP contribution in [-0.2, 0) is 4.74 Å². The average molecular weight is 265 g/mol. The highest BCUT2D eigenvalue weighted by Crippen LogP contribution is 2.23. The van der Waals surface area contributed by atoms with E-state index in [9.17, 15) is 4.79 Å². The summed E-state index contributed by atoms with van der Waals surface area (Å²) in [5.41, 5.74) is 7.49. The van der Waals surface area contributed by atoms with Crippen LogP contribution in [0.1, 0.15) is 34.1 Å². The van der Waals surface area contributed by atoms with Gasteiger partial charge in [-0.1, -0.05) is 6.92 Å². The molecule has 0 atom stereocenters. The second-order valence-electron chi connectivity index (χ2n) is 5.36. The summed E-state index contributed by atoms with van der Waals surface area (Å²) < 4.78 is 5.17. The number of rotatable bonds is 4. The zero-order valence-electron chi connectivity index (χ0n) is 12.0. The van der Waals surface area contributed by atoms with Gasteiger partial charge in [-0.15, -0.1) is 0 Å². The van der Waals surface area contributed by atoms with Crippen molar-refractivity contribution in [3.8, 4) is 0 Å². The number of anilines is 3. The summed E-state index contributed by atoms with van der Waals surface area (Å²) in [7, 11) is 0. The lowest BCUT2D eigenvalue weighted by atomic mass is 10.2. The normalized spacial score (nSPS) is 10.9. The maximum Gasteiger partial charge on any atom is 0.412 e. The van der Waals surface area contributed by atoms with Gasteiger partial charge < -0.3 is 15.8 Å². The summed E-state index contributed by atoms with van der Waals surface area (Å²) in [5.74, 6) is 0. The molecule has 0 spiro atoms. The van der Waals surface area contributed by atoms with Gasteiger partial charge in [-0.25, -0.2) is 4.79 Å². The minimum Gasteiger partial charge on any atom is -0.444 e. The van der Waals surface area contributed by atoms with E-state index >= 15 is 0 Å². The number of amides is 1. The minimum absolute atomic E-state index is 0.485. The van der Waals surface area contributed by atoms with Crippen molar-refractivity contribution >= 4 is 23.2 Å². The Morgan fingerprint density at radius 3 is 2.58 bits per heavy atom. The molecule has 0 aliphatic carbocycles. The lowest BCUT2D eigenvalue weighted by molar-refractivity contribution is 0.0636. The van der Waals surface area contributed by atoms with Crippen LogP contribution < -0.4 is 16.4 Å². The molecule has 0 bridgehead atoms. The van der Waals surface area contributed by atoms with Crippen LogP contribution in [-0.4, -0.2) is 18.2 Å². The molecular weight excluding hydrogens is 242 g/mol. The largest absolute Gasteiger partial charge is 0.444 e. The zero-order chi connectivity index (χ0) is 14.5. The first-order valence-electron chi connectivity index (χ1n) is 6.45. The van der Waals surface area contributed by atoms with E-state index in [4.69, 9.17) is 10.5 Å². The lowest BCUT2D eigenvalue weighted by Gasteiger charge is -2.20. The number of nitrogens with one attached hydrogen (secondary N) is 2. The first-order chi connectivity index (χ1) is 8.81. The predicted octanol–water partition coefficient (Wildman–Crippen LogP) is 3.44. The van der Waals surface area contributed by atoms with Gasteiger partial charge in [0.05, 0.1) is 11.4 Å². The molecule has 1 amide bonds. The van der Waals surface area contributed by atoms with Crippen molar-refractivity contribution in [3.05, 3.63) is 18.2 Å². The Kier molecular flexibility index (Phi) is 5.03. The van der Waals surface area contributed by atoms with E-state index in [2.05, 4.69) is 17.6 Å². The summed E-state index contributed by atoms with van der Waals surface area (Å²) in [6, 6.07) is 5.35. The van der Waals surface area contributed by atoms with E-state index < -0.39 is 11.7 Å². The van der Waals surface area contributed by atoms with E-state index in [-0.39, 0.29) is 0 Å². The minimum atomic E-state index is -0.516. The molecule has 0 radical (unpaired) electrons. The maximum atomic E-state index is 11.6. The van der Waals surface area contributed by atoms with Crippen molar-refractivity contribution in [2.24, 2.45) is 0 Å². The molecule has 5 nitrogen and oxygen atoms in total.